The summed E-state index contributed by atoms with van der Waals surface area (Å²) < 4.78 is 24.4. The highest BCUT2D eigenvalue weighted by Crippen LogP contribution is 2.32. The average Bonchev–Trinajstić information content (AvgIpc) is 3.38. The van der Waals surface area contributed by atoms with Gasteiger partial charge in [-0.05, 0) is 66.9 Å². The zero-order valence-electron chi connectivity index (χ0n) is 18.5. The van der Waals surface area contributed by atoms with E-state index in [2.05, 4.69) is 5.32 Å². The number of amides is 2. The van der Waals surface area contributed by atoms with E-state index in [1.807, 2.05) is 0 Å². The van der Waals surface area contributed by atoms with E-state index in [0.717, 1.165) is 32.1 Å². The first-order chi connectivity index (χ1) is 16.1. The van der Waals surface area contributed by atoms with Gasteiger partial charge in [0.15, 0.2) is 5.76 Å². The van der Waals surface area contributed by atoms with Crippen molar-refractivity contribution in [1.82, 2.24) is 5.32 Å². The number of rotatable bonds is 7. The molecule has 172 valence electrons. The van der Waals surface area contributed by atoms with E-state index >= 15 is 0 Å². The van der Waals surface area contributed by atoms with Crippen LogP contribution in [0.4, 0.5) is 10.1 Å². The van der Waals surface area contributed by atoms with Gasteiger partial charge in [0.05, 0.1) is 13.4 Å². The Morgan fingerprint density at radius 1 is 1.06 bits per heavy atom. The molecule has 7 heteroatoms. The highest BCUT2D eigenvalue weighted by Gasteiger charge is 2.35. The van der Waals surface area contributed by atoms with Crippen LogP contribution in [0, 0.1) is 5.82 Å². The fourth-order valence-corrected chi connectivity index (χ4v) is 4.26. The van der Waals surface area contributed by atoms with E-state index in [0.29, 0.717) is 17.0 Å². The highest BCUT2D eigenvalue weighted by molar-refractivity contribution is 6.08. The minimum atomic E-state index is -1.01. The molecule has 2 amide bonds. The molecule has 1 aliphatic rings. The summed E-state index contributed by atoms with van der Waals surface area (Å²) in [5.41, 5.74) is 0.955. The number of nitrogens with zero attached hydrogens (tertiary/aromatic N) is 1. The molecular formula is C26H27FN2O4. The third-order valence-corrected chi connectivity index (χ3v) is 5.92. The van der Waals surface area contributed by atoms with Gasteiger partial charge in [0.1, 0.15) is 17.6 Å². The molecule has 0 bridgehead atoms. The van der Waals surface area contributed by atoms with Gasteiger partial charge in [-0.3, -0.25) is 14.5 Å². The third-order valence-electron chi connectivity index (χ3n) is 5.92. The topological polar surface area (TPSA) is 71.8 Å². The molecule has 1 aromatic heterocycles. The van der Waals surface area contributed by atoms with Crippen molar-refractivity contribution in [2.75, 3.05) is 12.0 Å². The van der Waals surface area contributed by atoms with E-state index in [1.165, 1.54) is 35.4 Å². The molecule has 0 radical (unpaired) electrons. The summed E-state index contributed by atoms with van der Waals surface area (Å²) in [6, 6.07) is 14.7. The van der Waals surface area contributed by atoms with Crippen molar-refractivity contribution in [3.05, 3.63) is 84.1 Å². The molecule has 0 spiro atoms. The molecule has 33 heavy (non-hydrogen) atoms. The number of hydrogen-bond donors (Lipinski definition) is 1. The van der Waals surface area contributed by atoms with Gasteiger partial charge < -0.3 is 14.5 Å². The Balaban J connectivity index is 1.79. The SMILES string of the molecule is COc1cccc(C(C(=O)NC2CCCCC2)N(C(=O)c2ccco2)c2ccc(F)cc2)c1. The number of furan rings is 1. The second-order valence-electron chi connectivity index (χ2n) is 8.15. The first kappa shape index (κ1) is 22.6. The van der Waals surface area contributed by atoms with Crippen LogP contribution < -0.4 is 15.0 Å². The Morgan fingerprint density at radius 3 is 2.48 bits per heavy atom. The molecule has 1 atom stereocenters. The number of hydrogen-bond acceptors (Lipinski definition) is 4. The van der Waals surface area contributed by atoms with Crippen LogP contribution in [0.1, 0.15) is 54.3 Å². The minimum absolute atomic E-state index is 0.0492. The monoisotopic (exact) mass is 450 g/mol. The van der Waals surface area contributed by atoms with Crippen LogP contribution in [0.25, 0.3) is 0 Å². The van der Waals surface area contributed by atoms with Crippen LogP contribution in [0.5, 0.6) is 5.75 Å². The van der Waals surface area contributed by atoms with Gasteiger partial charge in [0, 0.05) is 11.7 Å². The zero-order chi connectivity index (χ0) is 23.2. The molecule has 0 saturated heterocycles. The van der Waals surface area contributed by atoms with Crippen molar-refractivity contribution < 1.29 is 23.1 Å². The zero-order valence-corrected chi connectivity index (χ0v) is 18.5. The Labute approximate surface area is 192 Å². The van der Waals surface area contributed by atoms with Gasteiger partial charge in [-0.15, -0.1) is 0 Å². The number of nitrogens with one attached hydrogen (secondary N) is 1. The summed E-state index contributed by atoms with van der Waals surface area (Å²) in [4.78, 5) is 28.7. The van der Waals surface area contributed by atoms with Gasteiger partial charge in [-0.2, -0.15) is 0 Å². The molecule has 4 rings (SSSR count). The van der Waals surface area contributed by atoms with E-state index in [-0.39, 0.29) is 17.7 Å². The minimum Gasteiger partial charge on any atom is -0.497 e. The summed E-state index contributed by atoms with van der Waals surface area (Å²) in [5, 5.41) is 3.14. The van der Waals surface area contributed by atoms with Crippen molar-refractivity contribution in [2.45, 2.75) is 44.2 Å². The average molecular weight is 451 g/mol. The second-order valence-corrected chi connectivity index (χ2v) is 8.15. The Bertz CT molecular complexity index is 1080. The van der Waals surface area contributed by atoms with E-state index < -0.39 is 17.8 Å². The van der Waals surface area contributed by atoms with E-state index in [9.17, 15) is 14.0 Å². The standard InChI is InChI=1S/C26H27FN2O4/c1-32-22-10-5-7-18(17-22)24(25(30)28-20-8-3-2-4-9-20)29(21-14-12-19(27)13-15-21)26(31)23-11-6-16-33-23/h5-7,10-17,20,24H,2-4,8-9H2,1H3,(H,28,30). The third kappa shape index (κ3) is 5.25. The molecule has 1 fully saturated rings. The first-order valence-electron chi connectivity index (χ1n) is 11.1. The van der Waals surface area contributed by atoms with Gasteiger partial charge in [-0.25, -0.2) is 4.39 Å². The lowest BCUT2D eigenvalue weighted by atomic mass is 9.94. The fourth-order valence-electron chi connectivity index (χ4n) is 4.26. The number of carbonyl (C=O) groups excluding carboxylic acids is 2. The molecule has 1 unspecified atom stereocenters. The summed E-state index contributed by atoms with van der Waals surface area (Å²) in [6.07, 6.45) is 6.48. The maximum atomic E-state index is 13.7. The molecule has 1 heterocycles. The number of methoxy groups -OCH3 is 1. The number of halogens is 1. The molecule has 3 aromatic rings. The predicted molar refractivity (Wildman–Crippen MR) is 123 cm³/mol. The smallest absolute Gasteiger partial charge is 0.294 e. The van der Waals surface area contributed by atoms with E-state index in [1.54, 1.807) is 43.5 Å². The fraction of sp³-hybridized carbons (Fsp3) is 0.308. The van der Waals surface area contributed by atoms with Gasteiger partial charge in [0.2, 0.25) is 5.91 Å². The molecule has 1 N–H and O–H groups in total. The van der Waals surface area contributed by atoms with E-state index in [4.69, 9.17) is 9.15 Å². The molecule has 1 aliphatic carbocycles. The van der Waals surface area contributed by atoms with Gasteiger partial charge >= 0.3 is 0 Å². The summed E-state index contributed by atoms with van der Waals surface area (Å²) in [5.74, 6) is -0.600. The Morgan fingerprint density at radius 2 is 1.82 bits per heavy atom. The Hall–Kier alpha value is -3.61. The van der Waals surface area contributed by atoms with Gasteiger partial charge in [-0.1, -0.05) is 31.4 Å². The normalized spacial score (nSPS) is 15.0. The first-order valence-corrected chi connectivity index (χ1v) is 11.1. The summed E-state index contributed by atoms with van der Waals surface area (Å²) >= 11 is 0. The molecule has 2 aromatic carbocycles. The molecular weight excluding hydrogens is 423 g/mol. The van der Waals surface area contributed by atoms with Crippen LogP contribution in [-0.2, 0) is 4.79 Å². The molecule has 1 saturated carbocycles. The highest BCUT2D eigenvalue weighted by atomic mass is 19.1. The van der Waals surface area contributed by atoms with Crippen LogP contribution in [-0.4, -0.2) is 25.0 Å². The van der Waals surface area contributed by atoms with Crippen LogP contribution >= 0.6 is 0 Å². The number of carbonyl (C=O) groups is 2. The lowest BCUT2D eigenvalue weighted by Gasteiger charge is -2.33. The quantitative estimate of drug-likeness (QED) is 0.533. The van der Waals surface area contributed by atoms with Crippen molar-refractivity contribution in [1.29, 1.82) is 0 Å². The lowest BCUT2D eigenvalue weighted by molar-refractivity contribution is -0.123. The van der Waals surface area contributed by atoms with Crippen LogP contribution in [0.2, 0.25) is 0 Å². The summed E-state index contributed by atoms with van der Waals surface area (Å²) in [6.45, 7) is 0. The lowest BCUT2D eigenvalue weighted by Crippen LogP contribution is -2.47. The number of anilines is 1. The van der Waals surface area contributed by atoms with Crippen molar-refractivity contribution in [3.8, 4) is 5.75 Å². The number of benzene rings is 2. The maximum absolute atomic E-state index is 13.7. The number of ether oxygens (including phenoxy) is 1. The van der Waals surface area contributed by atoms with Crippen molar-refractivity contribution in [2.24, 2.45) is 0 Å². The summed E-state index contributed by atoms with van der Waals surface area (Å²) in [7, 11) is 1.54. The van der Waals surface area contributed by atoms with Crippen molar-refractivity contribution >= 4 is 17.5 Å². The van der Waals surface area contributed by atoms with Crippen LogP contribution in [0.3, 0.4) is 0 Å². The second kappa shape index (κ2) is 10.3. The molecule has 0 aliphatic heterocycles. The maximum Gasteiger partial charge on any atom is 0.294 e. The van der Waals surface area contributed by atoms with Crippen LogP contribution in [0.15, 0.2) is 71.3 Å². The van der Waals surface area contributed by atoms with Crippen molar-refractivity contribution in [3.63, 3.8) is 0 Å². The largest absolute Gasteiger partial charge is 0.497 e. The molecule has 6 nitrogen and oxygen atoms in total. The van der Waals surface area contributed by atoms with Gasteiger partial charge in [0.25, 0.3) is 5.91 Å². The predicted octanol–water partition coefficient (Wildman–Crippen LogP) is 5.26. The Kier molecular flexibility index (Phi) is 7.07.